The van der Waals surface area contributed by atoms with Crippen molar-refractivity contribution in [1.82, 2.24) is 9.97 Å². The maximum Gasteiger partial charge on any atom is 0.264 e. The summed E-state index contributed by atoms with van der Waals surface area (Å²) in [6.07, 6.45) is 0. The predicted molar refractivity (Wildman–Crippen MR) is 164 cm³/mol. The van der Waals surface area contributed by atoms with Gasteiger partial charge in [-0.25, -0.2) is 18.4 Å². The number of aromatic nitrogens is 2. The molecule has 0 saturated carbocycles. The number of carbonyl (C=O) groups is 1. The molecule has 1 amide bonds. The molecule has 0 radical (unpaired) electrons. The highest BCUT2D eigenvalue weighted by atomic mass is 35.5. The molecular weight excluding hydrogens is 601 g/mol. The Hall–Kier alpha value is -4.58. The molecule has 1 aromatic heterocycles. The third kappa shape index (κ3) is 5.89. The van der Waals surface area contributed by atoms with Gasteiger partial charge in [-0.15, -0.1) is 0 Å². The van der Waals surface area contributed by atoms with Crippen molar-refractivity contribution in [2.45, 2.75) is 4.90 Å². The first kappa shape index (κ1) is 28.9. The SMILES string of the molecule is COc1cc(Nc2nc3ccccc3nc2NS(=O)(=O)c2cc(Cl)cc(-c3ccccc3C(N)=O)c2Cl)cc(OC)c1. The number of hydrogen-bond acceptors (Lipinski definition) is 8. The van der Waals surface area contributed by atoms with E-state index in [1.54, 1.807) is 60.7 Å². The molecule has 1 heterocycles. The van der Waals surface area contributed by atoms with E-state index in [1.807, 2.05) is 0 Å². The molecule has 4 aromatic carbocycles. The Balaban J connectivity index is 1.62. The molecular formula is C29H23Cl2N5O5S. The van der Waals surface area contributed by atoms with Gasteiger partial charge in [-0.1, -0.05) is 53.5 Å². The van der Waals surface area contributed by atoms with Crippen LogP contribution in [0.1, 0.15) is 10.4 Å². The van der Waals surface area contributed by atoms with Crippen molar-refractivity contribution in [3.8, 4) is 22.6 Å². The number of fused-ring (bicyclic) bond motifs is 1. The third-order valence-corrected chi connectivity index (χ3v) is 8.29. The third-order valence-electron chi connectivity index (χ3n) is 6.19. The van der Waals surface area contributed by atoms with Crippen LogP contribution < -0.4 is 25.2 Å². The van der Waals surface area contributed by atoms with Crippen molar-refractivity contribution in [2.24, 2.45) is 5.73 Å². The van der Waals surface area contributed by atoms with Crippen molar-refractivity contribution in [1.29, 1.82) is 0 Å². The minimum Gasteiger partial charge on any atom is -0.497 e. The fourth-order valence-corrected chi connectivity index (χ4v) is 6.18. The van der Waals surface area contributed by atoms with Gasteiger partial charge in [-0.2, -0.15) is 0 Å². The van der Waals surface area contributed by atoms with E-state index in [2.05, 4.69) is 20.0 Å². The summed E-state index contributed by atoms with van der Waals surface area (Å²) in [6.45, 7) is 0. The first-order valence-corrected chi connectivity index (χ1v) is 14.5. The lowest BCUT2D eigenvalue weighted by molar-refractivity contribution is 0.100. The summed E-state index contributed by atoms with van der Waals surface area (Å²) in [4.78, 5) is 20.9. The zero-order valence-electron chi connectivity index (χ0n) is 22.2. The number of benzene rings is 4. The highest BCUT2D eigenvalue weighted by Crippen LogP contribution is 2.39. The summed E-state index contributed by atoms with van der Waals surface area (Å²) >= 11 is 13.0. The molecule has 5 rings (SSSR count). The molecule has 0 spiro atoms. The molecule has 0 bridgehead atoms. The highest BCUT2D eigenvalue weighted by molar-refractivity contribution is 7.92. The fourth-order valence-electron chi connectivity index (χ4n) is 4.25. The zero-order chi connectivity index (χ0) is 30.0. The fraction of sp³-hybridized carbons (Fsp3) is 0.0690. The topological polar surface area (TPSA) is 146 Å². The van der Waals surface area contributed by atoms with Crippen molar-refractivity contribution in [2.75, 3.05) is 24.3 Å². The highest BCUT2D eigenvalue weighted by Gasteiger charge is 2.26. The van der Waals surface area contributed by atoms with Crippen molar-refractivity contribution >= 4 is 67.5 Å². The number of anilines is 3. The Morgan fingerprint density at radius 1 is 0.810 bits per heavy atom. The first-order valence-electron chi connectivity index (χ1n) is 12.3. The van der Waals surface area contributed by atoms with Gasteiger partial charge >= 0.3 is 0 Å². The van der Waals surface area contributed by atoms with Gasteiger partial charge in [0.15, 0.2) is 11.6 Å². The summed E-state index contributed by atoms with van der Waals surface area (Å²) in [6, 6.07) is 21.1. The van der Waals surface area contributed by atoms with Gasteiger partial charge < -0.3 is 20.5 Å². The van der Waals surface area contributed by atoms with E-state index >= 15 is 0 Å². The number of methoxy groups -OCH3 is 2. The number of nitrogens with one attached hydrogen (secondary N) is 2. The quantitative estimate of drug-likeness (QED) is 0.174. The van der Waals surface area contributed by atoms with E-state index in [4.69, 9.17) is 38.4 Å². The van der Waals surface area contributed by atoms with Gasteiger partial charge in [0.2, 0.25) is 5.91 Å². The van der Waals surface area contributed by atoms with E-state index in [9.17, 15) is 13.2 Å². The van der Waals surface area contributed by atoms with Gasteiger partial charge in [0.05, 0.1) is 30.3 Å². The van der Waals surface area contributed by atoms with E-state index in [-0.39, 0.29) is 37.7 Å². The minimum atomic E-state index is -4.41. The van der Waals surface area contributed by atoms with Crippen LogP contribution in [0.25, 0.3) is 22.2 Å². The standard InChI is InChI=1S/C29H23Cl2N5O5S/c1-40-18-13-17(14-19(15-18)41-2)33-28-29(35-24-10-6-5-9-23(24)34-28)36-42(38,39)25-12-16(30)11-22(26(25)31)20-7-3-4-8-21(20)27(32)37/h3-15H,1-2H3,(H2,32,37)(H,33,34)(H,35,36). The second-order valence-electron chi connectivity index (χ2n) is 8.92. The molecule has 10 nitrogen and oxygen atoms in total. The number of amides is 1. The number of para-hydroxylation sites is 2. The van der Waals surface area contributed by atoms with Crippen LogP contribution in [-0.4, -0.2) is 38.5 Å². The minimum absolute atomic E-state index is 0.0699. The Labute approximate surface area is 251 Å². The zero-order valence-corrected chi connectivity index (χ0v) is 24.5. The van der Waals surface area contributed by atoms with Crippen LogP contribution in [0.5, 0.6) is 11.5 Å². The summed E-state index contributed by atoms with van der Waals surface area (Å²) in [5, 5.41) is 3.00. The van der Waals surface area contributed by atoms with Crippen LogP contribution in [0.2, 0.25) is 10.0 Å². The molecule has 214 valence electrons. The predicted octanol–water partition coefficient (Wildman–Crippen LogP) is 6.26. The smallest absolute Gasteiger partial charge is 0.264 e. The molecule has 0 aliphatic carbocycles. The van der Waals surface area contributed by atoms with Crippen molar-refractivity contribution in [3.05, 3.63) is 94.5 Å². The number of sulfonamides is 1. The van der Waals surface area contributed by atoms with E-state index < -0.39 is 15.9 Å². The molecule has 0 aliphatic rings. The van der Waals surface area contributed by atoms with Crippen LogP contribution in [0.15, 0.2) is 83.8 Å². The average molecular weight is 625 g/mol. The Kier molecular flexibility index (Phi) is 8.08. The van der Waals surface area contributed by atoms with Gasteiger partial charge in [-0.05, 0) is 35.9 Å². The monoisotopic (exact) mass is 623 g/mol. The summed E-state index contributed by atoms with van der Waals surface area (Å²) in [7, 11) is -1.39. The lowest BCUT2D eigenvalue weighted by atomic mass is 9.99. The molecule has 0 atom stereocenters. The maximum atomic E-state index is 13.8. The second-order valence-corrected chi connectivity index (χ2v) is 11.4. The van der Waals surface area contributed by atoms with Gasteiger partial charge in [0.1, 0.15) is 16.4 Å². The first-order chi connectivity index (χ1) is 20.1. The molecule has 0 aliphatic heterocycles. The van der Waals surface area contributed by atoms with Gasteiger partial charge in [0.25, 0.3) is 10.0 Å². The van der Waals surface area contributed by atoms with E-state index in [1.165, 1.54) is 32.4 Å². The number of nitrogens with two attached hydrogens (primary N) is 1. The molecule has 0 saturated heterocycles. The summed E-state index contributed by atoms with van der Waals surface area (Å²) in [5.74, 6) is 0.292. The Morgan fingerprint density at radius 2 is 1.40 bits per heavy atom. The van der Waals surface area contributed by atoms with Gasteiger partial charge in [-0.3, -0.25) is 9.52 Å². The molecule has 5 aromatic rings. The number of carbonyl (C=O) groups excluding carboxylic acids is 1. The van der Waals surface area contributed by atoms with Crippen LogP contribution in [0, 0.1) is 0 Å². The molecule has 42 heavy (non-hydrogen) atoms. The van der Waals surface area contributed by atoms with Crippen LogP contribution in [0.3, 0.4) is 0 Å². The van der Waals surface area contributed by atoms with Crippen molar-refractivity contribution in [3.63, 3.8) is 0 Å². The number of hydrogen-bond donors (Lipinski definition) is 3. The summed E-state index contributed by atoms with van der Waals surface area (Å²) < 4.78 is 40.9. The van der Waals surface area contributed by atoms with E-state index in [0.29, 0.717) is 33.8 Å². The second kappa shape index (κ2) is 11.7. The van der Waals surface area contributed by atoms with Crippen LogP contribution in [-0.2, 0) is 10.0 Å². The Morgan fingerprint density at radius 3 is 2.02 bits per heavy atom. The molecule has 0 fully saturated rings. The molecule has 0 unspecified atom stereocenters. The number of halogens is 2. The van der Waals surface area contributed by atoms with E-state index in [0.717, 1.165) is 0 Å². The number of primary amides is 1. The van der Waals surface area contributed by atoms with Crippen LogP contribution >= 0.6 is 23.2 Å². The normalized spacial score (nSPS) is 11.2. The number of nitrogens with zero attached hydrogens (tertiary/aromatic N) is 2. The maximum absolute atomic E-state index is 13.8. The number of rotatable bonds is 9. The Bertz CT molecular complexity index is 1930. The van der Waals surface area contributed by atoms with Crippen LogP contribution in [0.4, 0.5) is 17.3 Å². The average Bonchev–Trinajstić information content (AvgIpc) is 2.97. The lowest BCUT2D eigenvalue weighted by Crippen LogP contribution is -2.17. The lowest BCUT2D eigenvalue weighted by Gasteiger charge is -2.17. The molecule has 13 heteroatoms. The summed E-state index contributed by atoms with van der Waals surface area (Å²) in [5.41, 5.74) is 7.70. The molecule has 4 N–H and O–H groups in total. The van der Waals surface area contributed by atoms with Gasteiger partial charge in [0, 0.05) is 40.0 Å². The van der Waals surface area contributed by atoms with Crippen molar-refractivity contribution < 1.29 is 22.7 Å². The largest absolute Gasteiger partial charge is 0.497 e. The number of ether oxygens (including phenoxy) is 2.